The van der Waals surface area contributed by atoms with E-state index in [0.717, 1.165) is 49.7 Å². The summed E-state index contributed by atoms with van der Waals surface area (Å²) in [7, 11) is 0. The van der Waals surface area contributed by atoms with Crippen LogP contribution in [-0.4, -0.2) is 11.6 Å². The third-order valence-electron chi connectivity index (χ3n) is 8.23. The molecule has 43 heavy (non-hydrogen) atoms. The van der Waals surface area contributed by atoms with Crippen molar-refractivity contribution in [2.24, 2.45) is 5.41 Å². The van der Waals surface area contributed by atoms with Crippen LogP contribution < -0.4 is 0 Å². The molecule has 1 saturated carbocycles. The summed E-state index contributed by atoms with van der Waals surface area (Å²) >= 11 is 0. The van der Waals surface area contributed by atoms with Gasteiger partial charge in [-0.2, -0.15) is 0 Å². The van der Waals surface area contributed by atoms with Crippen molar-refractivity contribution in [3.8, 4) is 0 Å². The molecule has 3 heteroatoms. The van der Waals surface area contributed by atoms with E-state index in [4.69, 9.17) is 0 Å². The summed E-state index contributed by atoms with van der Waals surface area (Å²) < 4.78 is 13.2. The molecule has 1 aliphatic carbocycles. The van der Waals surface area contributed by atoms with Gasteiger partial charge >= 0.3 is 0 Å². The standard InChI is InChI=1S/C40H35FO2/c1-4-7-9-31(5-2)36-27-37-33(10-8-11-34(37)26-32(36)6-3)19-16-28-12-14-29(15-13-28)24-38(42)40(22-23-40)39(43)25-30-17-20-35(41)21-18-30/h4-6,8-21,26-27H,3,22-25H2,1-2H3/b19-16?,31-5+. The van der Waals surface area contributed by atoms with Crippen LogP contribution in [0.3, 0.4) is 0 Å². The molecule has 5 rings (SSSR count). The molecule has 0 atom stereocenters. The van der Waals surface area contributed by atoms with Gasteiger partial charge in [0.15, 0.2) is 11.6 Å². The van der Waals surface area contributed by atoms with Crippen molar-refractivity contribution in [2.75, 3.05) is 0 Å². The minimum atomic E-state index is -0.888. The number of hydrogen-bond donors (Lipinski definition) is 0. The Morgan fingerprint density at radius 3 is 2.09 bits per heavy atom. The van der Waals surface area contributed by atoms with Crippen LogP contribution in [0, 0.1) is 11.2 Å². The van der Waals surface area contributed by atoms with Crippen molar-refractivity contribution in [3.05, 3.63) is 149 Å². The first kappa shape index (κ1) is 29.6. The topological polar surface area (TPSA) is 34.1 Å². The fraction of sp³-hybridized carbons (Fsp3) is 0.175. The van der Waals surface area contributed by atoms with Crippen molar-refractivity contribution >= 4 is 46.1 Å². The minimum Gasteiger partial charge on any atom is -0.298 e. The van der Waals surface area contributed by atoms with E-state index in [2.05, 4.69) is 60.9 Å². The van der Waals surface area contributed by atoms with Crippen LogP contribution in [0.2, 0.25) is 0 Å². The van der Waals surface area contributed by atoms with E-state index in [0.29, 0.717) is 12.8 Å². The highest BCUT2D eigenvalue weighted by Gasteiger charge is 2.54. The molecule has 214 valence electrons. The number of carbonyl (C=O) groups excluding carboxylic acids is 2. The monoisotopic (exact) mass is 566 g/mol. The lowest BCUT2D eigenvalue weighted by Gasteiger charge is -2.13. The maximum absolute atomic E-state index is 13.2. The summed E-state index contributed by atoms with van der Waals surface area (Å²) in [5, 5.41) is 2.29. The largest absolute Gasteiger partial charge is 0.298 e. The lowest BCUT2D eigenvalue weighted by molar-refractivity contribution is -0.133. The summed E-state index contributed by atoms with van der Waals surface area (Å²) in [6.07, 6.45) is 13.6. The Morgan fingerprint density at radius 1 is 0.860 bits per heavy atom. The number of allylic oxidation sites excluding steroid dienone is 3. The Labute approximate surface area is 253 Å². The second-order valence-corrected chi connectivity index (χ2v) is 11.0. The smallest absolute Gasteiger partial charge is 0.150 e. The maximum atomic E-state index is 13.2. The molecule has 2 nitrogen and oxygen atoms in total. The van der Waals surface area contributed by atoms with Gasteiger partial charge in [0.05, 0.1) is 5.41 Å². The number of ketones is 2. The average molecular weight is 567 g/mol. The molecular weight excluding hydrogens is 531 g/mol. The van der Waals surface area contributed by atoms with Crippen molar-refractivity contribution in [2.45, 2.75) is 39.5 Å². The van der Waals surface area contributed by atoms with Crippen molar-refractivity contribution in [1.82, 2.24) is 0 Å². The Balaban J connectivity index is 1.31. The molecule has 0 bridgehead atoms. The second kappa shape index (κ2) is 13.0. The SMILES string of the molecule is C=Cc1cc2cccc(C=Cc3ccc(CC(=O)C4(C(=O)Cc5ccc(F)cc5)CC4)cc3)c2cc1/C(C=C=CC)=C/C. The van der Waals surface area contributed by atoms with Crippen LogP contribution in [0.4, 0.5) is 4.39 Å². The van der Waals surface area contributed by atoms with Gasteiger partial charge in [-0.1, -0.05) is 85.5 Å². The van der Waals surface area contributed by atoms with Gasteiger partial charge in [0.1, 0.15) is 5.82 Å². The molecule has 0 heterocycles. The third kappa shape index (κ3) is 6.64. The van der Waals surface area contributed by atoms with Crippen LogP contribution in [0.5, 0.6) is 0 Å². The molecule has 4 aromatic rings. The zero-order valence-corrected chi connectivity index (χ0v) is 24.7. The summed E-state index contributed by atoms with van der Waals surface area (Å²) in [6.45, 7) is 8.01. The Kier molecular flexibility index (Phi) is 8.95. The van der Waals surface area contributed by atoms with Gasteiger partial charge in [0.2, 0.25) is 0 Å². The maximum Gasteiger partial charge on any atom is 0.150 e. The first-order valence-corrected chi connectivity index (χ1v) is 14.7. The van der Waals surface area contributed by atoms with Crippen LogP contribution in [-0.2, 0) is 22.4 Å². The molecular formula is C40H35FO2. The first-order valence-electron chi connectivity index (χ1n) is 14.7. The minimum absolute atomic E-state index is 0.0295. The van der Waals surface area contributed by atoms with E-state index in [1.54, 1.807) is 12.1 Å². The molecule has 0 saturated heterocycles. The molecule has 0 aromatic heterocycles. The number of Topliss-reactive ketones (excluding diaryl/α,β-unsaturated/α-hetero) is 2. The predicted octanol–water partition coefficient (Wildman–Crippen LogP) is 9.63. The number of fused-ring (bicyclic) bond motifs is 1. The van der Waals surface area contributed by atoms with Crippen LogP contribution in [0.25, 0.3) is 34.6 Å². The quantitative estimate of drug-likeness (QED) is 0.0784. The molecule has 0 spiro atoms. The lowest BCUT2D eigenvalue weighted by atomic mass is 9.87. The fourth-order valence-corrected chi connectivity index (χ4v) is 5.50. The van der Waals surface area contributed by atoms with Gasteiger partial charge in [-0.05, 0) is 113 Å². The number of benzene rings is 4. The fourth-order valence-electron chi connectivity index (χ4n) is 5.50. The second-order valence-electron chi connectivity index (χ2n) is 11.0. The zero-order valence-electron chi connectivity index (χ0n) is 24.7. The van der Waals surface area contributed by atoms with Crippen LogP contribution in [0.1, 0.15) is 60.1 Å². The highest BCUT2D eigenvalue weighted by Crippen LogP contribution is 2.48. The predicted molar refractivity (Wildman–Crippen MR) is 177 cm³/mol. The summed E-state index contributed by atoms with van der Waals surface area (Å²) in [4.78, 5) is 26.2. The van der Waals surface area contributed by atoms with Gasteiger partial charge in [-0.25, -0.2) is 4.39 Å². The highest BCUT2D eigenvalue weighted by molar-refractivity contribution is 6.11. The summed E-state index contributed by atoms with van der Waals surface area (Å²) in [6, 6.07) is 24.5. The Bertz CT molecular complexity index is 1810. The van der Waals surface area contributed by atoms with Crippen molar-refractivity contribution < 1.29 is 14.0 Å². The number of carbonyl (C=O) groups is 2. The van der Waals surface area contributed by atoms with E-state index in [1.165, 1.54) is 12.1 Å². The Hall–Kier alpha value is -4.85. The molecule has 0 unspecified atom stereocenters. The molecule has 4 aromatic carbocycles. The molecule has 0 amide bonds. The average Bonchev–Trinajstić information content (AvgIpc) is 3.84. The van der Waals surface area contributed by atoms with Gasteiger partial charge in [-0.15, -0.1) is 5.73 Å². The molecule has 0 N–H and O–H groups in total. The number of halogens is 1. The van der Waals surface area contributed by atoms with Gasteiger partial charge in [-0.3, -0.25) is 9.59 Å². The van der Waals surface area contributed by atoms with Crippen LogP contribution >= 0.6 is 0 Å². The third-order valence-corrected chi connectivity index (χ3v) is 8.23. The van der Waals surface area contributed by atoms with Crippen molar-refractivity contribution in [3.63, 3.8) is 0 Å². The van der Waals surface area contributed by atoms with E-state index >= 15 is 0 Å². The highest BCUT2D eigenvalue weighted by atomic mass is 19.1. The first-order chi connectivity index (χ1) is 20.9. The van der Waals surface area contributed by atoms with Crippen molar-refractivity contribution in [1.29, 1.82) is 0 Å². The number of rotatable bonds is 11. The van der Waals surface area contributed by atoms with Gasteiger partial charge < -0.3 is 0 Å². The number of hydrogen-bond acceptors (Lipinski definition) is 2. The summed E-state index contributed by atoms with van der Waals surface area (Å²) in [5.74, 6) is -0.434. The van der Waals surface area contributed by atoms with E-state index in [1.807, 2.05) is 56.3 Å². The normalized spacial score (nSPS) is 13.9. The summed E-state index contributed by atoms with van der Waals surface area (Å²) in [5.41, 5.74) is 9.33. The molecule has 0 aliphatic heterocycles. The van der Waals surface area contributed by atoms with Gasteiger partial charge in [0, 0.05) is 12.8 Å². The van der Waals surface area contributed by atoms with Gasteiger partial charge in [0.25, 0.3) is 0 Å². The van der Waals surface area contributed by atoms with Crippen LogP contribution in [0.15, 0.2) is 109 Å². The van der Waals surface area contributed by atoms with E-state index in [-0.39, 0.29) is 30.2 Å². The van der Waals surface area contributed by atoms with E-state index < -0.39 is 5.41 Å². The Morgan fingerprint density at radius 2 is 1.51 bits per heavy atom. The molecule has 1 fully saturated rings. The molecule has 1 aliphatic rings. The molecule has 0 radical (unpaired) electrons. The lowest BCUT2D eigenvalue weighted by Crippen LogP contribution is -2.28. The van der Waals surface area contributed by atoms with E-state index in [9.17, 15) is 14.0 Å². The zero-order chi connectivity index (χ0) is 30.4.